The highest BCUT2D eigenvalue weighted by atomic mass is 32.1. The molecule has 0 saturated heterocycles. The average Bonchev–Trinajstić information content (AvgIpc) is 1.64. The Balaban J connectivity index is 0.000000211. The van der Waals surface area contributed by atoms with Crippen molar-refractivity contribution >= 4 is 138 Å². The van der Waals surface area contributed by atoms with Crippen LogP contribution >= 0.6 is 73.3 Å². The number of halogens is 6. The van der Waals surface area contributed by atoms with E-state index in [1.165, 1.54) is 97.5 Å². The molecule has 1 fully saturated rings. The summed E-state index contributed by atoms with van der Waals surface area (Å²) >= 11 is 30.3. The Bertz CT molecular complexity index is 6260. The fourth-order valence-electron chi connectivity index (χ4n) is 14.2. The molecular formula is C112H126F6N6O14S6. The lowest BCUT2D eigenvalue weighted by molar-refractivity contribution is 0.265. The Kier molecular flexibility index (Phi) is 46.3. The highest BCUT2D eigenvalue weighted by Crippen LogP contribution is 2.44. The number of aliphatic hydroxyl groups excluding tert-OH is 1. The van der Waals surface area contributed by atoms with Gasteiger partial charge in [-0.1, -0.05) is 73.7 Å². The van der Waals surface area contributed by atoms with E-state index < -0.39 is 5.82 Å². The summed E-state index contributed by atoms with van der Waals surface area (Å²) in [6.45, 7) is 32.2. The van der Waals surface area contributed by atoms with Crippen LogP contribution in [0, 0.1) is 132 Å². The van der Waals surface area contributed by atoms with Gasteiger partial charge in [0.15, 0.2) is 69.4 Å². The van der Waals surface area contributed by atoms with Gasteiger partial charge in [0, 0.05) is 56.3 Å². The van der Waals surface area contributed by atoms with Crippen LogP contribution in [0.15, 0.2) is 182 Å². The summed E-state index contributed by atoms with van der Waals surface area (Å²) < 4.78 is 154. The standard InChI is InChI=1S/C20H22FNO2S.C19H22FNO3S.C19H22FNO2S.C18H20FNO3S.2C18H20FNO2S/c1-12-9-17(21)19(10-13(12)2)24-11-16-15(14-7-8-14)5-4-6-18(16)22-20(25)23-3;1-5-23-17-8-6-7-16(21-19(25)22-4)14(17)11-24-18-10-13(3)12(2)9-15(18)20;1-5-14-7-6-8-17(21-19(24)22-4)15(14)11-23-18-10-13(3)12(2)9-16(18)20;1-11-7-15(19)17(8-12(11)2)23-10-14-13(9-21)5-4-6-16(14)20-18(24)22-3;2*1-11-6-5-7-16(20-18(23)21-4)14(11)10-22-17-9-13(3)12(2)8-15(17)19/h4-6,9-10,14H,7-8,11H2,1-3H3,(H,22,25);6-10H,5,11H2,1-4H3,(H,21,25);6-10H,5,11H2,1-4H3,(H,21,24);4-8,21H,9-10H2,1-3H3,(H,20,24);2*5-9H,10H2,1-4H3,(H,20,23). The number of methoxy groups -OCH3 is 6. The van der Waals surface area contributed by atoms with Crippen LogP contribution in [0.4, 0.5) is 60.5 Å². The molecule has 1 aliphatic carbocycles. The number of aryl methyl sites for hydroxylation is 15. The monoisotopic (exact) mass is 2080 g/mol. The molecule has 0 atom stereocenters. The quantitative estimate of drug-likeness (QED) is 0.0172. The molecular weight excluding hydrogens is 1960 g/mol. The summed E-state index contributed by atoms with van der Waals surface area (Å²) in [5, 5.41) is 29.2. The first-order valence-electron chi connectivity index (χ1n) is 46.0. The summed E-state index contributed by atoms with van der Waals surface area (Å²) in [4.78, 5) is 0. The molecule has 0 amide bonds. The molecule has 1 saturated carbocycles. The van der Waals surface area contributed by atoms with E-state index >= 15 is 0 Å². The number of anilines is 6. The number of hydrogen-bond donors (Lipinski definition) is 7. The van der Waals surface area contributed by atoms with Gasteiger partial charge in [0.05, 0.1) is 67.1 Å². The van der Waals surface area contributed by atoms with Crippen molar-refractivity contribution in [2.75, 3.05) is 81.2 Å². The van der Waals surface area contributed by atoms with Gasteiger partial charge in [-0.25, -0.2) is 26.3 Å². The van der Waals surface area contributed by atoms with E-state index in [4.69, 9.17) is 135 Å². The van der Waals surface area contributed by atoms with Crippen molar-refractivity contribution in [3.05, 3.63) is 345 Å². The van der Waals surface area contributed by atoms with Crippen LogP contribution in [-0.2, 0) is 81.1 Å². The van der Waals surface area contributed by atoms with Crippen molar-refractivity contribution in [2.24, 2.45) is 0 Å². The van der Waals surface area contributed by atoms with Crippen molar-refractivity contribution in [2.45, 2.75) is 182 Å². The van der Waals surface area contributed by atoms with E-state index in [1.54, 1.807) is 54.6 Å². The van der Waals surface area contributed by atoms with Crippen LogP contribution in [-0.4, -0.2) is 85.4 Å². The Morgan fingerprint density at radius 3 is 0.757 bits per heavy atom. The van der Waals surface area contributed by atoms with Gasteiger partial charge in [-0.3, -0.25) is 0 Å². The van der Waals surface area contributed by atoms with Crippen LogP contribution in [0.3, 0.4) is 0 Å². The lowest BCUT2D eigenvalue weighted by atomic mass is 10.0. The van der Waals surface area contributed by atoms with Gasteiger partial charge in [-0.05, 0) is 412 Å². The Hall–Kier alpha value is -13.1. The molecule has 766 valence electrons. The maximum Gasteiger partial charge on any atom is 0.260 e. The zero-order valence-electron chi connectivity index (χ0n) is 85.1. The van der Waals surface area contributed by atoms with Gasteiger partial charge in [-0.15, -0.1) is 0 Å². The normalized spacial score (nSPS) is 10.9. The first-order valence-corrected chi connectivity index (χ1v) is 48.5. The van der Waals surface area contributed by atoms with Crippen LogP contribution < -0.4 is 65.1 Å². The Morgan fingerprint density at radius 1 is 0.264 bits per heavy atom. The summed E-state index contributed by atoms with van der Waals surface area (Å²) in [5.41, 5.74) is 26.1. The minimum absolute atomic E-state index is 0.0881. The first kappa shape index (κ1) is 116. The summed E-state index contributed by atoms with van der Waals surface area (Å²) in [6.07, 6.45) is 3.18. The Morgan fingerprint density at radius 2 is 0.486 bits per heavy atom. The van der Waals surface area contributed by atoms with Crippen molar-refractivity contribution in [1.29, 1.82) is 0 Å². The van der Waals surface area contributed by atoms with Gasteiger partial charge in [0.25, 0.3) is 31.0 Å². The second kappa shape index (κ2) is 57.4. The summed E-state index contributed by atoms with van der Waals surface area (Å²) in [5.74, 6) is 0.375. The number of hydrogen-bond acceptors (Lipinski definition) is 20. The smallest absolute Gasteiger partial charge is 0.260 e. The van der Waals surface area contributed by atoms with Crippen molar-refractivity contribution in [3.8, 4) is 40.2 Å². The van der Waals surface area contributed by atoms with E-state index in [0.717, 1.165) is 140 Å². The minimum Gasteiger partial charge on any atom is -0.493 e. The molecule has 12 aromatic rings. The molecule has 0 radical (unpaired) electrons. The number of thiocarbonyl (C=S) groups is 6. The zero-order valence-corrected chi connectivity index (χ0v) is 90.0. The van der Waals surface area contributed by atoms with Gasteiger partial charge in [-0.2, -0.15) is 0 Å². The van der Waals surface area contributed by atoms with E-state index in [9.17, 15) is 31.4 Å². The molecule has 7 N–H and O–H groups in total. The lowest BCUT2D eigenvalue weighted by Crippen LogP contribution is -2.14. The van der Waals surface area contributed by atoms with E-state index in [1.807, 2.05) is 189 Å². The second-order valence-corrected chi connectivity index (χ2v) is 35.8. The molecule has 0 unspecified atom stereocenters. The van der Waals surface area contributed by atoms with Crippen molar-refractivity contribution in [1.82, 2.24) is 0 Å². The van der Waals surface area contributed by atoms with Crippen LogP contribution in [0.5, 0.6) is 40.2 Å². The molecule has 0 aromatic heterocycles. The van der Waals surface area contributed by atoms with Crippen molar-refractivity contribution in [3.63, 3.8) is 0 Å². The molecule has 144 heavy (non-hydrogen) atoms. The van der Waals surface area contributed by atoms with Crippen LogP contribution in [0.1, 0.15) is 161 Å². The topological polar surface area (TPSA) is 212 Å². The highest BCUT2D eigenvalue weighted by Gasteiger charge is 2.29. The van der Waals surface area contributed by atoms with Gasteiger partial charge in [0.1, 0.15) is 45.4 Å². The Labute approximate surface area is 873 Å². The number of rotatable bonds is 29. The third-order valence-electron chi connectivity index (χ3n) is 23.6. The number of benzene rings is 12. The third-order valence-corrected chi connectivity index (χ3v) is 25.2. The molecule has 0 aliphatic heterocycles. The second-order valence-electron chi connectivity index (χ2n) is 33.6. The molecule has 0 bridgehead atoms. The fraction of sp³-hybridized carbons (Fsp3) is 0.304. The van der Waals surface area contributed by atoms with Crippen LogP contribution in [0.25, 0.3) is 0 Å². The maximum absolute atomic E-state index is 14.2. The molecule has 0 heterocycles. The molecule has 13 rings (SSSR count). The van der Waals surface area contributed by atoms with Gasteiger partial charge < -0.3 is 98.6 Å². The first-order chi connectivity index (χ1) is 68.7. The fourth-order valence-corrected chi connectivity index (χ4v) is 14.8. The third kappa shape index (κ3) is 34.6. The predicted molar refractivity (Wildman–Crippen MR) is 587 cm³/mol. The molecule has 12 aromatic carbocycles. The predicted octanol–water partition coefficient (Wildman–Crippen LogP) is 28.1. The largest absolute Gasteiger partial charge is 0.493 e. The molecule has 32 heteroatoms. The van der Waals surface area contributed by atoms with Crippen molar-refractivity contribution < 1.29 is 93.0 Å². The lowest BCUT2D eigenvalue weighted by Gasteiger charge is -2.17. The van der Waals surface area contributed by atoms with E-state index in [0.29, 0.717) is 46.0 Å². The molecule has 1 aliphatic rings. The maximum atomic E-state index is 14.2. The summed E-state index contributed by atoms with van der Waals surface area (Å²) in [7, 11) is 9.01. The van der Waals surface area contributed by atoms with Gasteiger partial charge in [0.2, 0.25) is 0 Å². The SMILES string of the molecule is CCOc1cccc(NC(=S)OC)c1COc1cc(C)c(C)cc1F.CCc1cccc(NC(=S)OC)c1COc1cc(C)c(C)cc1F.COC(=S)Nc1cccc(C)c1COc1cc(C)c(C)cc1F.COC(=S)Nc1cccc(C)c1COc1cc(C)c(C)cc1F.COC(=S)Nc1cccc(C2CC2)c1COc1cc(C)c(C)cc1F.COC(=S)Nc1cccc(CO)c1COc1cc(C)c(C)cc1F. The number of nitrogens with one attached hydrogen (secondary N) is 6. The van der Waals surface area contributed by atoms with E-state index in [2.05, 4.69) is 44.9 Å². The number of aliphatic hydroxyl groups is 1. The molecule has 0 spiro atoms. The van der Waals surface area contributed by atoms with Gasteiger partial charge >= 0.3 is 0 Å². The highest BCUT2D eigenvalue weighted by molar-refractivity contribution is 7.81. The summed E-state index contributed by atoms with van der Waals surface area (Å²) in [6, 6.07) is 53.5. The average molecular weight is 2090 g/mol. The zero-order chi connectivity index (χ0) is 106. The number of ether oxygens (including phenoxy) is 13. The minimum atomic E-state index is -0.415. The molecule has 20 nitrogen and oxygen atoms in total. The van der Waals surface area contributed by atoms with Crippen LogP contribution in [0.2, 0.25) is 0 Å². The van der Waals surface area contributed by atoms with E-state index in [-0.39, 0.29) is 136 Å².